The van der Waals surface area contributed by atoms with Crippen LogP contribution in [0.15, 0.2) is 27.4 Å². The van der Waals surface area contributed by atoms with Gasteiger partial charge in [0, 0.05) is 50.9 Å². The predicted molar refractivity (Wildman–Crippen MR) is 115 cm³/mol. The summed E-state index contributed by atoms with van der Waals surface area (Å²) in [6.07, 6.45) is 3.26. The zero-order valence-corrected chi connectivity index (χ0v) is 18.3. The SMILES string of the molecule is Cc1cc(C)n(-c2ccc(=O)n(CCN3CCN(Cc4nc5c(o4)CCC5)CC3)n2)n1. The number of aromatic nitrogens is 5. The standard InChI is InChI=1S/C22H29N7O2/c1-16-14-17(2)29(24-16)20-6-7-22(30)28(25-20)13-12-26-8-10-27(11-9-26)15-21-23-18-4-3-5-19(18)31-21/h6-7,14H,3-5,8-13,15H2,1-2H3. The number of fused-ring (bicyclic) bond motifs is 1. The van der Waals surface area contributed by atoms with E-state index in [1.165, 1.54) is 6.42 Å². The Balaban J connectivity index is 1.15. The molecule has 0 unspecified atom stereocenters. The fourth-order valence-electron chi connectivity index (χ4n) is 4.48. The molecule has 0 N–H and O–H groups in total. The molecule has 31 heavy (non-hydrogen) atoms. The predicted octanol–water partition coefficient (Wildman–Crippen LogP) is 1.34. The van der Waals surface area contributed by atoms with E-state index in [0.717, 1.165) is 80.8 Å². The zero-order chi connectivity index (χ0) is 21.4. The van der Waals surface area contributed by atoms with Gasteiger partial charge in [-0.15, -0.1) is 5.10 Å². The van der Waals surface area contributed by atoms with Crippen molar-refractivity contribution in [3.63, 3.8) is 0 Å². The number of nitrogens with zero attached hydrogens (tertiary/aromatic N) is 7. The third-order valence-electron chi connectivity index (χ3n) is 6.17. The Bertz CT molecular complexity index is 1100. The summed E-state index contributed by atoms with van der Waals surface area (Å²) in [4.78, 5) is 21.7. The van der Waals surface area contributed by atoms with Gasteiger partial charge >= 0.3 is 0 Å². The van der Waals surface area contributed by atoms with E-state index >= 15 is 0 Å². The van der Waals surface area contributed by atoms with E-state index in [-0.39, 0.29) is 5.56 Å². The molecule has 1 aliphatic carbocycles. The Morgan fingerprint density at radius 2 is 1.81 bits per heavy atom. The van der Waals surface area contributed by atoms with E-state index < -0.39 is 0 Å². The second-order valence-corrected chi connectivity index (χ2v) is 8.54. The molecule has 0 spiro atoms. The molecule has 1 aliphatic heterocycles. The number of piperazine rings is 1. The van der Waals surface area contributed by atoms with Gasteiger partial charge in [-0.2, -0.15) is 5.10 Å². The highest BCUT2D eigenvalue weighted by Crippen LogP contribution is 2.23. The average molecular weight is 424 g/mol. The van der Waals surface area contributed by atoms with Crippen molar-refractivity contribution < 1.29 is 4.42 Å². The van der Waals surface area contributed by atoms with Crippen LogP contribution in [0.2, 0.25) is 0 Å². The summed E-state index contributed by atoms with van der Waals surface area (Å²) in [5.74, 6) is 2.62. The molecular formula is C22H29N7O2. The average Bonchev–Trinajstić information content (AvgIpc) is 3.43. The minimum atomic E-state index is -0.0825. The van der Waals surface area contributed by atoms with E-state index in [4.69, 9.17) is 4.42 Å². The molecule has 164 valence electrons. The van der Waals surface area contributed by atoms with Crippen molar-refractivity contribution in [2.75, 3.05) is 32.7 Å². The zero-order valence-electron chi connectivity index (χ0n) is 18.3. The van der Waals surface area contributed by atoms with Crippen LogP contribution < -0.4 is 5.56 Å². The monoisotopic (exact) mass is 423 g/mol. The summed E-state index contributed by atoms with van der Waals surface area (Å²) in [5.41, 5.74) is 3.02. The van der Waals surface area contributed by atoms with Crippen molar-refractivity contribution >= 4 is 0 Å². The molecule has 0 amide bonds. The molecule has 1 fully saturated rings. The Morgan fingerprint density at radius 3 is 2.55 bits per heavy atom. The molecule has 0 atom stereocenters. The Labute approximate surface area is 181 Å². The lowest BCUT2D eigenvalue weighted by Crippen LogP contribution is -2.47. The van der Waals surface area contributed by atoms with Crippen LogP contribution in [0.25, 0.3) is 5.82 Å². The van der Waals surface area contributed by atoms with Crippen LogP contribution in [0.4, 0.5) is 0 Å². The summed E-state index contributed by atoms with van der Waals surface area (Å²) >= 11 is 0. The van der Waals surface area contributed by atoms with Crippen molar-refractivity contribution in [1.29, 1.82) is 0 Å². The third-order valence-corrected chi connectivity index (χ3v) is 6.17. The van der Waals surface area contributed by atoms with Gasteiger partial charge in [-0.3, -0.25) is 14.6 Å². The topological polar surface area (TPSA) is 85.2 Å². The molecule has 2 aliphatic rings. The van der Waals surface area contributed by atoms with Crippen LogP contribution in [0.3, 0.4) is 0 Å². The molecule has 1 saturated heterocycles. The van der Waals surface area contributed by atoms with Gasteiger partial charge in [-0.1, -0.05) is 0 Å². The molecule has 9 nitrogen and oxygen atoms in total. The van der Waals surface area contributed by atoms with E-state index in [0.29, 0.717) is 12.4 Å². The van der Waals surface area contributed by atoms with Gasteiger partial charge in [0.1, 0.15) is 5.76 Å². The fraction of sp³-hybridized carbons (Fsp3) is 0.545. The van der Waals surface area contributed by atoms with E-state index in [1.54, 1.807) is 21.5 Å². The van der Waals surface area contributed by atoms with Gasteiger partial charge in [-0.05, 0) is 38.8 Å². The first-order valence-corrected chi connectivity index (χ1v) is 11.1. The molecule has 0 bridgehead atoms. The van der Waals surface area contributed by atoms with Crippen LogP contribution in [0, 0.1) is 13.8 Å². The Hall–Kier alpha value is -2.78. The van der Waals surface area contributed by atoms with Crippen LogP contribution in [0.1, 0.15) is 35.2 Å². The van der Waals surface area contributed by atoms with Gasteiger partial charge in [0.15, 0.2) is 5.82 Å². The van der Waals surface area contributed by atoms with Crippen LogP contribution >= 0.6 is 0 Å². The molecule has 0 radical (unpaired) electrons. The van der Waals surface area contributed by atoms with E-state index in [2.05, 4.69) is 25.0 Å². The highest BCUT2D eigenvalue weighted by Gasteiger charge is 2.22. The molecule has 5 rings (SSSR count). The van der Waals surface area contributed by atoms with Crippen molar-refractivity contribution in [3.05, 3.63) is 57.3 Å². The van der Waals surface area contributed by atoms with Gasteiger partial charge in [0.2, 0.25) is 5.89 Å². The smallest absolute Gasteiger partial charge is 0.266 e. The van der Waals surface area contributed by atoms with Crippen molar-refractivity contribution in [1.82, 2.24) is 34.3 Å². The maximum Gasteiger partial charge on any atom is 0.266 e. The maximum atomic E-state index is 12.3. The van der Waals surface area contributed by atoms with E-state index in [9.17, 15) is 4.79 Å². The number of hydrogen-bond donors (Lipinski definition) is 0. The highest BCUT2D eigenvalue weighted by atomic mass is 16.4. The normalized spacial score (nSPS) is 17.4. The lowest BCUT2D eigenvalue weighted by Gasteiger charge is -2.33. The van der Waals surface area contributed by atoms with Gasteiger partial charge in [0.25, 0.3) is 5.56 Å². The number of rotatable bonds is 6. The third kappa shape index (κ3) is 4.33. The highest BCUT2D eigenvalue weighted by molar-refractivity contribution is 5.23. The molecule has 3 aromatic heterocycles. The minimum Gasteiger partial charge on any atom is -0.444 e. The molecule has 4 heterocycles. The van der Waals surface area contributed by atoms with Crippen molar-refractivity contribution in [2.24, 2.45) is 0 Å². The second kappa shape index (κ2) is 8.39. The molecular weight excluding hydrogens is 394 g/mol. The molecule has 3 aromatic rings. The van der Waals surface area contributed by atoms with Crippen LogP contribution in [-0.2, 0) is 25.9 Å². The van der Waals surface area contributed by atoms with Gasteiger partial charge in [-0.25, -0.2) is 14.3 Å². The first-order chi connectivity index (χ1) is 15.0. The van der Waals surface area contributed by atoms with Crippen LogP contribution in [0.5, 0.6) is 0 Å². The molecule has 0 saturated carbocycles. The van der Waals surface area contributed by atoms with Crippen molar-refractivity contribution in [2.45, 2.75) is 46.2 Å². The lowest BCUT2D eigenvalue weighted by atomic mass is 10.3. The summed E-state index contributed by atoms with van der Waals surface area (Å²) < 4.78 is 9.24. The quantitative estimate of drug-likeness (QED) is 0.591. The minimum absolute atomic E-state index is 0.0825. The second-order valence-electron chi connectivity index (χ2n) is 8.54. The summed E-state index contributed by atoms with van der Waals surface area (Å²) in [7, 11) is 0. The van der Waals surface area contributed by atoms with Gasteiger partial charge in [0.05, 0.1) is 24.5 Å². The Kier molecular flexibility index (Phi) is 5.45. The van der Waals surface area contributed by atoms with Crippen LogP contribution in [-0.4, -0.2) is 67.1 Å². The first kappa shape index (κ1) is 20.1. The van der Waals surface area contributed by atoms with Gasteiger partial charge < -0.3 is 4.42 Å². The fourth-order valence-corrected chi connectivity index (χ4v) is 4.48. The maximum absolute atomic E-state index is 12.3. The number of aryl methyl sites for hydroxylation is 4. The number of hydrogen-bond acceptors (Lipinski definition) is 7. The Morgan fingerprint density at radius 1 is 1.00 bits per heavy atom. The lowest BCUT2D eigenvalue weighted by molar-refractivity contribution is 0.115. The first-order valence-electron chi connectivity index (χ1n) is 11.1. The summed E-state index contributed by atoms with van der Waals surface area (Å²) in [6, 6.07) is 5.31. The molecule has 0 aromatic carbocycles. The molecule has 9 heteroatoms. The van der Waals surface area contributed by atoms with Crippen molar-refractivity contribution in [3.8, 4) is 5.82 Å². The summed E-state index contributed by atoms with van der Waals surface area (Å²) in [6.45, 7) is 9.97. The van der Waals surface area contributed by atoms with E-state index in [1.807, 2.05) is 19.9 Å². The summed E-state index contributed by atoms with van der Waals surface area (Å²) in [5, 5.41) is 9.01. The number of oxazole rings is 1. The largest absolute Gasteiger partial charge is 0.444 e.